The number of H-pyrrole nitrogens is 2. The lowest BCUT2D eigenvalue weighted by Crippen LogP contribution is -2.51. The van der Waals surface area contributed by atoms with Crippen LogP contribution in [0.15, 0.2) is 60.9 Å². The molecule has 5 N–H and O–H groups in total. The van der Waals surface area contributed by atoms with Gasteiger partial charge in [-0.1, -0.05) is 76.2 Å². The van der Waals surface area contributed by atoms with Gasteiger partial charge in [0.1, 0.15) is 23.7 Å². The van der Waals surface area contributed by atoms with E-state index in [1.54, 1.807) is 22.2 Å². The lowest BCUT2D eigenvalue weighted by Gasteiger charge is -2.30. The largest absolute Gasteiger partial charge is 0.465 e. The van der Waals surface area contributed by atoms with Gasteiger partial charge in [-0.15, -0.1) is 24.8 Å². The first kappa shape index (κ1) is 42.7. The summed E-state index contributed by atoms with van der Waals surface area (Å²) >= 11 is 0. The number of likely N-dealkylation sites (tertiary alicyclic amines) is 2. The molecule has 14 nitrogen and oxygen atoms in total. The Morgan fingerprint density at radius 3 is 1.44 bits per heavy atom. The van der Waals surface area contributed by atoms with Crippen LogP contribution in [0.5, 0.6) is 0 Å². The molecule has 2 fully saturated rings. The van der Waals surface area contributed by atoms with Crippen molar-refractivity contribution in [2.24, 2.45) is 11.8 Å². The number of hydrogen-bond donors (Lipinski definition) is 5. The van der Waals surface area contributed by atoms with Gasteiger partial charge in [0, 0.05) is 13.1 Å². The van der Waals surface area contributed by atoms with Gasteiger partial charge in [0.15, 0.2) is 0 Å². The molecular formula is C39H50Cl2N8O6. The number of benzene rings is 2. The van der Waals surface area contributed by atoms with Crippen LogP contribution in [0.2, 0.25) is 0 Å². The van der Waals surface area contributed by atoms with Gasteiger partial charge in [-0.3, -0.25) is 9.59 Å². The molecular weight excluding hydrogens is 747 g/mol. The lowest BCUT2D eigenvalue weighted by atomic mass is 10.0. The summed E-state index contributed by atoms with van der Waals surface area (Å²) in [5, 5.41) is 14.3. The molecule has 2 aromatic heterocycles. The molecule has 296 valence electrons. The van der Waals surface area contributed by atoms with E-state index >= 15 is 0 Å². The van der Waals surface area contributed by atoms with Gasteiger partial charge in [0.25, 0.3) is 0 Å². The second-order valence-electron chi connectivity index (χ2n) is 14.4. The van der Waals surface area contributed by atoms with E-state index in [0.717, 1.165) is 65.1 Å². The number of carboxylic acid groups (broad SMARTS) is 1. The fraction of sp³-hybridized carbons (Fsp3) is 0.436. The van der Waals surface area contributed by atoms with Gasteiger partial charge in [-0.25, -0.2) is 19.6 Å². The first-order valence-corrected chi connectivity index (χ1v) is 18.2. The quantitative estimate of drug-likeness (QED) is 0.108. The summed E-state index contributed by atoms with van der Waals surface area (Å²) in [5.41, 5.74) is 5.70. The van der Waals surface area contributed by atoms with Crippen molar-refractivity contribution >= 4 is 48.8 Å². The van der Waals surface area contributed by atoms with Crippen LogP contribution in [0.4, 0.5) is 9.59 Å². The average molecular weight is 798 g/mol. The molecule has 2 saturated heterocycles. The van der Waals surface area contributed by atoms with Gasteiger partial charge in [-0.2, -0.15) is 0 Å². The minimum atomic E-state index is -1.21. The van der Waals surface area contributed by atoms with Crippen LogP contribution >= 0.6 is 24.8 Å². The summed E-state index contributed by atoms with van der Waals surface area (Å²) < 4.78 is 4.75. The maximum atomic E-state index is 13.5. The predicted octanol–water partition coefficient (Wildman–Crippen LogP) is 6.98. The number of imidazole rings is 2. The Hall–Kier alpha value is -5.08. The summed E-state index contributed by atoms with van der Waals surface area (Å²) in [4.78, 5) is 69.8. The van der Waals surface area contributed by atoms with Crippen molar-refractivity contribution < 1.29 is 29.0 Å². The highest BCUT2D eigenvalue weighted by Gasteiger charge is 2.39. The minimum Gasteiger partial charge on any atom is -0.465 e. The normalized spacial score (nSPS) is 17.7. The van der Waals surface area contributed by atoms with Crippen LogP contribution in [-0.4, -0.2) is 91.1 Å². The van der Waals surface area contributed by atoms with E-state index in [4.69, 9.17) is 4.74 Å². The zero-order valence-electron chi connectivity index (χ0n) is 31.6. The fourth-order valence-electron chi connectivity index (χ4n) is 7.32. The number of aromatic nitrogens is 4. The lowest BCUT2D eigenvalue weighted by molar-refractivity contribution is -0.136. The van der Waals surface area contributed by atoms with Crippen LogP contribution in [0.3, 0.4) is 0 Å². The Kier molecular flexibility index (Phi) is 14.4. The van der Waals surface area contributed by atoms with Crippen LogP contribution in [-0.2, 0) is 14.3 Å². The summed E-state index contributed by atoms with van der Waals surface area (Å²) in [5.74, 6) is 0.737. The molecule has 0 unspecified atom stereocenters. The molecule has 0 spiro atoms. The van der Waals surface area contributed by atoms with Crippen LogP contribution in [0, 0.1) is 11.8 Å². The number of hydrogen-bond acceptors (Lipinski definition) is 7. The highest BCUT2D eigenvalue weighted by molar-refractivity contribution is 5.87. The van der Waals surface area contributed by atoms with Crippen molar-refractivity contribution in [3.63, 3.8) is 0 Å². The zero-order chi connectivity index (χ0) is 37.8. The van der Waals surface area contributed by atoms with Gasteiger partial charge in [0.2, 0.25) is 11.8 Å². The Morgan fingerprint density at radius 1 is 0.691 bits per heavy atom. The maximum absolute atomic E-state index is 13.5. The minimum absolute atomic E-state index is 0. The number of methoxy groups -OCH3 is 1. The number of carbonyl (C=O) groups is 4. The molecule has 2 aliphatic rings. The Bertz CT molecular complexity index is 1930. The van der Waals surface area contributed by atoms with Crippen molar-refractivity contribution in [3.8, 4) is 33.6 Å². The molecule has 0 radical (unpaired) electrons. The number of halogens is 2. The molecule has 0 saturated carbocycles. The number of rotatable bonds is 11. The van der Waals surface area contributed by atoms with E-state index in [9.17, 15) is 24.3 Å². The molecule has 2 aromatic carbocycles. The van der Waals surface area contributed by atoms with Crippen LogP contribution < -0.4 is 10.6 Å². The van der Waals surface area contributed by atoms with E-state index in [0.29, 0.717) is 18.9 Å². The van der Waals surface area contributed by atoms with Crippen molar-refractivity contribution in [3.05, 3.63) is 72.6 Å². The topological polar surface area (TPSA) is 186 Å². The first-order valence-electron chi connectivity index (χ1n) is 18.2. The van der Waals surface area contributed by atoms with Crippen LogP contribution in [0.25, 0.3) is 33.6 Å². The standard InChI is InChI=1S/C39H48N8O6.2ClH/c1-22(2)32(44-38(50)51)36(48)46-18-6-8-30(46)34-40-20-28(42-34)26-14-10-24(11-15-26)25-12-16-27(17-13-25)29-21-41-35(43-29)31-9-7-19-47(31)37(49)33(23(3)4)45-39(52)53-5;;/h10-17,20-23,30-33,44H,6-9,18-19H2,1-5H3,(H,40,42)(H,41,43)(H,45,52)(H,50,51);2*1H/t30-,31-,32-,33-;;/m0../s1. The van der Waals surface area contributed by atoms with Gasteiger partial charge in [0.05, 0.1) is 43.0 Å². The molecule has 4 atom stereocenters. The Morgan fingerprint density at radius 2 is 1.07 bits per heavy atom. The third-order valence-electron chi connectivity index (χ3n) is 10.2. The summed E-state index contributed by atoms with van der Waals surface area (Å²) in [6.45, 7) is 8.59. The second kappa shape index (κ2) is 18.5. The van der Waals surface area contributed by atoms with Gasteiger partial charge < -0.3 is 40.2 Å². The molecule has 16 heteroatoms. The average Bonchev–Trinajstić information content (AvgIpc) is 3.98. The van der Waals surface area contributed by atoms with Crippen LogP contribution in [0.1, 0.15) is 77.1 Å². The number of carbonyl (C=O) groups excluding carboxylic acids is 3. The van der Waals surface area contributed by atoms with Gasteiger partial charge in [-0.05, 0) is 59.8 Å². The molecule has 0 bridgehead atoms. The Labute approximate surface area is 333 Å². The zero-order valence-corrected chi connectivity index (χ0v) is 33.2. The van der Waals surface area contributed by atoms with Crippen molar-refractivity contribution in [2.45, 2.75) is 77.5 Å². The number of nitrogens with one attached hydrogen (secondary N) is 4. The highest BCUT2D eigenvalue weighted by Crippen LogP contribution is 2.35. The molecule has 0 aliphatic carbocycles. The smallest absolute Gasteiger partial charge is 0.407 e. The van der Waals surface area contributed by atoms with Crippen molar-refractivity contribution in [1.29, 1.82) is 0 Å². The van der Waals surface area contributed by atoms with E-state index < -0.39 is 24.3 Å². The maximum Gasteiger partial charge on any atom is 0.407 e. The second-order valence-corrected chi connectivity index (χ2v) is 14.4. The number of amides is 4. The van der Waals surface area contributed by atoms with E-state index in [1.807, 2.05) is 52.0 Å². The SMILES string of the molecule is COC(=O)N[C@H](C(=O)N1CCC[C@H]1c1ncc(-c2ccc(-c3ccc(-c4cnc([C@@H]5CCCN5C(=O)[C@@H](NC(=O)O)C(C)C)[nH]4)cc3)cc2)[nH]1)C(C)C.Cl.Cl. The fourth-order valence-corrected chi connectivity index (χ4v) is 7.32. The molecule has 4 aromatic rings. The van der Waals surface area contributed by atoms with Crippen molar-refractivity contribution in [1.82, 2.24) is 40.4 Å². The number of aromatic amines is 2. The molecule has 2 aliphatic heterocycles. The summed E-state index contributed by atoms with van der Waals surface area (Å²) in [7, 11) is 1.29. The van der Waals surface area contributed by atoms with E-state index in [2.05, 4.69) is 54.8 Å². The number of alkyl carbamates (subject to hydrolysis) is 1. The highest BCUT2D eigenvalue weighted by atomic mass is 35.5. The monoisotopic (exact) mass is 796 g/mol. The summed E-state index contributed by atoms with van der Waals surface area (Å²) in [6, 6.07) is 14.4. The number of nitrogens with zero attached hydrogens (tertiary/aromatic N) is 4. The Balaban J connectivity index is 0.00000336. The van der Waals surface area contributed by atoms with E-state index in [-0.39, 0.29) is 60.5 Å². The third-order valence-corrected chi connectivity index (χ3v) is 10.2. The third kappa shape index (κ3) is 9.42. The molecule has 4 amide bonds. The molecule has 4 heterocycles. The van der Waals surface area contributed by atoms with Gasteiger partial charge >= 0.3 is 12.2 Å². The first-order chi connectivity index (χ1) is 25.4. The molecule has 55 heavy (non-hydrogen) atoms. The number of ether oxygens (including phenoxy) is 1. The van der Waals surface area contributed by atoms with Crippen molar-refractivity contribution in [2.75, 3.05) is 20.2 Å². The summed E-state index contributed by atoms with van der Waals surface area (Å²) in [6.07, 6.45) is 4.91. The predicted molar refractivity (Wildman–Crippen MR) is 213 cm³/mol. The molecule has 6 rings (SSSR count). The van der Waals surface area contributed by atoms with E-state index in [1.165, 1.54) is 7.11 Å².